The summed E-state index contributed by atoms with van der Waals surface area (Å²) < 4.78 is 0. The molecule has 0 atom stereocenters. The zero-order valence-electron chi connectivity index (χ0n) is 12.3. The first-order valence-electron chi connectivity index (χ1n) is 7.02. The Balaban J connectivity index is 2.21. The third-order valence-corrected chi connectivity index (χ3v) is 3.44. The maximum absolute atomic E-state index is 12.4. The van der Waals surface area contributed by atoms with Gasteiger partial charge in [0, 0.05) is 11.3 Å². The summed E-state index contributed by atoms with van der Waals surface area (Å²) in [7, 11) is 0. The van der Waals surface area contributed by atoms with Crippen molar-refractivity contribution in [2.75, 3.05) is 11.2 Å². The summed E-state index contributed by atoms with van der Waals surface area (Å²) in [6, 6.07) is 14.7. The summed E-state index contributed by atoms with van der Waals surface area (Å²) in [6.45, 7) is 2.05. The molecule has 0 radical (unpaired) electrons. The quantitative estimate of drug-likeness (QED) is 0.501. The number of nitrogens with one attached hydrogen (secondary N) is 1. The van der Waals surface area contributed by atoms with Gasteiger partial charge in [-0.25, -0.2) is 4.99 Å². The second kappa shape index (κ2) is 7.61. The molecule has 0 unspecified atom stereocenters. The topological polar surface area (TPSA) is 67.5 Å². The zero-order chi connectivity index (χ0) is 15.9. The van der Waals surface area contributed by atoms with Gasteiger partial charge in [0.1, 0.15) is 5.84 Å². The van der Waals surface area contributed by atoms with E-state index in [2.05, 4.69) is 17.2 Å². The highest BCUT2D eigenvalue weighted by molar-refractivity contribution is 6.28. The van der Waals surface area contributed by atoms with Gasteiger partial charge in [-0.15, -0.1) is 11.6 Å². The number of anilines is 1. The number of hydrogen-bond donors (Lipinski definition) is 2. The number of amidine groups is 1. The van der Waals surface area contributed by atoms with Crippen LogP contribution in [0.25, 0.3) is 0 Å². The number of aliphatic imine (C=N–C) groups is 1. The van der Waals surface area contributed by atoms with Crippen molar-refractivity contribution in [1.29, 1.82) is 0 Å². The predicted molar refractivity (Wildman–Crippen MR) is 92.2 cm³/mol. The Morgan fingerprint density at radius 2 is 2.00 bits per heavy atom. The number of carbonyl (C=O) groups excluding carboxylic acids is 1. The van der Waals surface area contributed by atoms with Gasteiger partial charge in [0.05, 0.1) is 11.6 Å². The summed E-state index contributed by atoms with van der Waals surface area (Å²) in [5, 5.41) is 2.93. The van der Waals surface area contributed by atoms with Gasteiger partial charge in [-0.2, -0.15) is 0 Å². The number of rotatable bonds is 5. The average molecular weight is 316 g/mol. The minimum atomic E-state index is -0.178. The van der Waals surface area contributed by atoms with Gasteiger partial charge in [-0.1, -0.05) is 31.2 Å². The van der Waals surface area contributed by atoms with Crippen molar-refractivity contribution in [2.45, 2.75) is 13.3 Å². The molecule has 114 valence electrons. The van der Waals surface area contributed by atoms with Crippen LogP contribution < -0.4 is 11.1 Å². The van der Waals surface area contributed by atoms with Crippen LogP contribution in [0.5, 0.6) is 0 Å². The molecule has 0 saturated carbocycles. The van der Waals surface area contributed by atoms with Crippen molar-refractivity contribution in [3.63, 3.8) is 0 Å². The fraction of sp³-hybridized carbons (Fsp3) is 0.176. The van der Waals surface area contributed by atoms with Crippen LogP contribution in [0, 0.1) is 0 Å². The highest BCUT2D eigenvalue weighted by atomic mass is 35.5. The second-order valence-corrected chi connectivity index (χ2v) is 5.02. The lowest BCUT2D eigenvalue weighted by atomic mass is 10.1. The molecule has 2 rings (SSSR count). The number of alkyl halides is 1. The Labute approximate surface area is 135 Å². The van der Waals surface area contributed by atoms with E-state index in [-0.39, 0.29) is 11.8 Å². The molecule has 0 heterocycles. The van der Waals surface area contributed by atoms with E-state index in [4.69, 9.17) is 17.3 Å². The monoisotopic (exact) mass is 315 g/mol. The lowest BCUT2D eigenvalue weighted by Gasteiger charge is -2.10. The molecule has 0 aliphatic heterocycles. The predicted octanol–water partition coefficient (Wildman–Crippen LogP) is 3.73. The van der Waals surface area contributed by atoms with Gasteiger partial charge in [0.25, 0.3) is 5.91 Å². The van der Waals surface area contributed by atoms with Crippen molar-refractivity contribution in [3.8, 4) is 0 Å². The lowest BCUT2D eigenvalue weighted by Crippen LogP contribution is -2.14. The molecule has 3 N–H and O–H groups in total. The number of benzene rings is 2. The molecule has 0 aliphatic rings. The lowest BCUT2D eigenvalue weighted by molar-refractivity contribution is 0.102. The van der Waals surface area contributed by atoms with Gasteiger partial charge in [-0.05, 0) is 36.2 Å². The van der Waals surface area contributed by atoms with E-state index in [1.54, 1.807) is 24.3 Å². The Kier molecular flexibility index (Phi) is 5.55. The minimum absolute atomic E-state index is 0.153. The zero-order valence-corrected chi connectivity index (χ0v) is 13.1. The van der Waals surface area contributed by atoms with E-state index in [0.29, 0.717) is 17.1 Å². The molecule has 4 nitrogen and oxygen atoms in total. The van der Waals surface area contributed by atoms with Gasteiger partial charge in [0.15, 0.2) is 0 Å². The summed E-state index contributed by atoms with van der Waals surface area (Å²) in [6.07, 6.45) is 0.854. The molecule has 2 aromatic rings. The van der Waals surface area contributed by atoms with Crippen LogP contribution >= 0.6 is 11.6 Å². The summed E-state index contributed by atoms with van der Waals surface area (Å²) in [5.41, 5.74) is 8.66. The number of amides is 1. The molecule has 0 spiro atoms. The molecule has 1 amide bonds. The fourth-order valence-corrected chi connectivity index (χ4v) is 2.12. The number of nitrogens with two attached hydrogens (primary N) is 1. The van der Waals surface area contributed by atoms with Crippen LogP contribution in [0.15, 0.2) is 53.5 Å². The van der Waals surface area contributed by atoms with Crippen molar-refractivity contribution in [1.82, 2.24) is 0 Å². The standard InChI is InChI=1S/C17H18ClN3O/c1-2-12-6-3-4-9-15(12)21-17(22)13-7-5-8-14(10-13)20-16(19)11-18/h3-10H,2,11H2,1H3,(H2,19,20)(H,21,22). The number of hydrogen-bond acceptors (Lipinski definition) is 2. The first kappa shape index (κ1) is 16.0. The summed E-state index contributed by atoms with van der Waals surface area (Å²) >= 11 is 5.61. The summed E-state index contributed by atoms with van der Waals surface area (Å²) in [5.74, 6) is 0.290. The van der Waals surface area contributed by atoms with Crippen molar-refractivity contribution >= 4 is 34.7 Å². The van der Waals surface area contributed by atoms with Crippen molar-refractivity contribution in [3.05, 3.63) is 59.7 Å². The number of aryl methyl sites for hydroxylation is 1. The van der Waals surface area contributed by atoms with Crippen LogP contribution in [0.3, 0.4) is 0 Å². The van der Waals surface area contributed by atoms with Crippen LogP contribution in [-0.4, -0.2) is 17.6 Å². The summed E-state index contributed by atoms with van der Waals surface area (Å²) in [4.78, 5) is 16.5. The van der Waals surface area contributed by atoms with E-state index in [0.717, 1.165) is 17.7 Å². The molecule has 22 heavy (non-hydrogen) atoms. The fourth-order valence-electron chi connectivity index (χ4n) is 2.06. The van der Waals surface area contributed by atoms with Gasteiger partial charge in [0.2, 0.25) is 0 Å². The van der Waals surface area contributed by atoms with Crippen LogP contribution in [0.4, 0.5) is 11.4 Å². The van der Waals surface area contributed by atoms with E-state index in [1.165, 1.54) is 0 Å². The Morgan fingerprint density at radius 1 is 1.23 bits per heavy atom. The number of carbonyl (C=O) groups is 1. The molecule has 0 bridgehead atoms. The van der Waals surface area contributed by atoms with E-state index >= 15 is 0 Å². The third-order valence-electron chi connectivity index (χ3n) is 3.16. The molecule has 0 saturated heterocycles. The molecular weight excluding hydrogens is 298 g/mol. The normalized spacial score (nSPS) is 11.3. The van der Waals surface area contributed by atoms with Crippen molar-refractivity contribution < 1.29 is 4.79 Å². The molecule has 5 heteroatoms. The largest absolute Gasteiger partial charge is 0.386 e. The Bertz CT molecular complexity index is 698. The highest BCUT2D eigenvalue weighted by Gasteiger charge is 2.08. The highest BCUT2D eigenvalue weighted by Crippen LogP contribution is 2.19. The van der Waals surface area contributed by atoms with E-state index in [9.17, 15) is 4.79 Å². The smallest absolute Gasteiger partial charge is 0.255 e. The molecule has 0 aliphatic carbocycles. The third kappa shape index (κ3) is 4.09. The maximum atomic E-state index is 12.4. The van der Waals surface area contributed by atoms with Crippen molar-refractivity contribution in [2.24, 2.45) is 10.7 Å². The van der Waals surface area contributed by atoms with E-state index in [1.807, 2.05) is 24.3 Å². The molecule has 0 aromatic heterocycles. The number of para-hydroxylation sites is 1. The number of halogens is 1. The SMILES string of the molecule is CCc1ccccc1NC(=O)c1cccc(N=C(N)CCl)c1. The van der Waals surface area contributed by atoms with Crippen LogP contribution in [0.1, 0.15) is 22.8 Å². The van der Waals surface area contributed by atoms with Crippen LogP contribution in [-0.2, 0) is 6.42 Å². The molecule has 2 aromatic carbocycles. The molecular formula is C17H18ClN3O. The van der Waals surface area contributed by atoms with E-state index < -0.39 is 0 Å². The minimum Gasteiger partial charge on any atom is -0.386 e. The first-order valence-corrected chi connectivity index (χ1v) is 7.55. The first-order chi connectivity index (χ1) is 10.6. The Hall–Kier alpha value is -2.33. The number of nitrogens with zero attached hydrogens (tertiary/aromatic N) is 1. The Morgan fingerprint density at radius 3 is 2.73 bits per heavy atom. The van der Waals surface area contributed by atoms with Crippen LogP contribution in [0.2, 0.25) is 0 Å². The average Bonchev–Trinajstić information content (AvgIpc) is 2.55. The second-order valence-electron chi connectivity index (χ2n) is 4.75. The maximum Gasteiger partial charge on any atom is 0.255 e. The van der Waals surface area contributed by atoms with Gasteiger partial charge < -0.3 is 11.1 Å². The van der Waals surface area contributed by atoms with Gasteiger partial charge >= 0.3 is 0 Å². The van der Waals surface area contributed by atoms with Gasteiger partial charge in [-0.3, -0.25) is 4.79 Å². The molecule has 0 fully saturated rings.